The Morgan fingerprint density at radius 1 is 0.242 bits per heavy atom. The lowest BCUT2D eigenvalue weighted by molar-refractivity contribution is 1.10. The molecule has 0 aliphatic rings. The molecule has 0 amide bonds. The molecular formula is C60H44N2. The number of benzene rings is 9. The van der Waals surface area contributed by atoms with Crippen molar-refractivity contribution in [1.29, 1.82) is 0 Å². The summed E-state index contributed by atoms with van der Waals surface area (Å²) in [5, 5.41) is 4.85. The highest BCUT2D eigenvalue weighted by Gasteiger charge is 2.22. The molecule has 0 radical (unpaired) electrons. The van der Waals surface area contributed by atoms with E-state index in [2.05, 4.69) is 254 Å². The lowest BCUT2D eigenvalue weighted by atomic mass is 9.85. The summed E-state index contributed by atoms with van der Waals surface area (Å²) in [6, 6.07) is 84.4. The maximum atomic E-state index is 2.43. The van der Waals surface area contributed by atoms with E-state index in [9.17, 15) is 0 Å². The van der Waals surface area contributed by atoms with E-state index < -0.39 is 0 Å². The van der Waals surface area contributed by atoms with Crippen LogP contribution in [0.15, 0.2) is 231 Å². The Morgan fingerprint density at radius 3 is 0.823 bits per heavy atom. The van der Waals surface area contributed by atoms with Gasteiger partial charge in [-0.05, 0) is 128 Å². The first-order valence-corrected chi connectivity index (χ1v) is 21.4. The second kappa shape index (κ2) is 15.6. The predicted octanol–water partition coefficient (Wildman–Crippen LogP) is 16.2. The summed E-state index contributed by atoms with van der Waals surface area (Å²) in [5.41, 5.74) is 18.9. The summed E-state index contributed by atoms with van der Waals surface area (Å²) >= 11 is 0. The van der Waals surface area contributed by atoms with E-state index in [4.69, 9.17) is 0 Å². The van der Waals surface area contributed by atoms with Gasteiger partial charge in [-0.3, -0.25) is 0 Å². The fraction of sp³-hybridized carbons (Fsp3) is 0.0333. The zero-order chi connectivity index (χ0) is 41.6. The summed E-state index contributed by atoms with van der Waals surface area (Å²) in [6.07, 6.45) is 0. The number of hydrogen-bond donors (Lipinski definition) is 0. The zero-order valence-electron chi connectivity index (χ0n) is 34.8. The van der Waals surface area contributed by atoms with Crippen molar-refractivity contribution in [3.05, 3.63) is 242 Å². The normalized spacial score (nSPS) is 11.4. The van der Waals surface area contributed by atoms with Crippen LogP contribution in [0.4, 0.5) is 0 Å². The predicted molar refractivity (Wildman–Crippen MR) is 262 cm³/mol. The van der Waals surface area contributed by atoms with E-state index >= 15 is 0 Å². The maximum absolute atomic E-state index is 2.43. The Hall–Kier alpha value is -7.94. The van der Waals surface area contributed by atoms with E-state index in [1.807, 2.05) is 0 Å². The summed E-state index contributed by atoms with van der Waals surface area (Å²) < 4.78 is 4.87. The Morgan fingerprint density at radius 2 is 0.532 bits per heavy atom. The average Bonchev–Trinajstić information content (AvgIpc) is 3.99. The third-order valence-corrected chi connectivity index (χ3v) is 12.3. The molecule has 0 unspecified atom stereocenters. The quantitative estimate of drug-likeness (QED) is 0.136. The van der Waals surface area contributed by atoms with Crippen molar-refractivity contribution in [3.63, 3.8) is 0 Å². The van der Waals surface area contributed by atoms with E-state index in [1.165, 1.54) is 77.2 Å². The van der Waals surface area contributed by atoms with Crippen molar-refractivity contribution < 1.29 is 0 Å². The SMILES string of the molecule is Cc1ccc(-c2c3ccc(-n4c(-c5ccccc5)ccc4-c4ccccc4)cc3c(-c3ccc(C)cc3)c3ccc(-n4c(-c5ccccc5)ccc4-c4ccccc4)cc23)cc1. The van der Waals surface area contributed by atoms with Crippen molar-refractivity contribution in [1.82, 2.24) is 9.13 Å². The molecule has 0 N–H and O–H groups in total. The lowest BCUT2D eigenvalue weighted by Crippen LogP contribution is -2.02. The zero-order valence-corrected chi connectivity index (χ0v) is 34.8. The minimum absolute atomic E-state index is 1.12. The van der Waals surface area contributed by atoms with Gasteiger partial charge in [0.15, 0.2) is 0 Å². The molecule has 294 valence electrons. The van der Waals surface area contributed by atoms with E-state index in [-0.39, 0.29) is 0 Å². The van der Waals surface area contributed by atoms with Crippen molar-refractivity contribution in [2.24, 2.45) is 0 Å². The first-order valence-electron chi connectivity index (χ1n) is 21.4. The molecule has 2 aromatic heterocycles. The molecule has 0 aliphatic carbocycles. The van der Waals surface area contributed by atoms with E-state index in [0.29, 0.717) is 0 Å². The Labute approximate surface area is 363 Å². The molecular weight excluding hydrogens is 749 g/mol. The highest BCUT2D eigenvalue weighted by atomic mass is 15.0. The van der Waals surface area contributed by atoms with Crippen LogP contribution in [-0.4, -0.2) is 9.13 Å². The molecule has 2 heterocycles. The van der Waals surface area contributed by atoms with E-state index in [0.717, 1.165) is 34.2 Å². The Balaban J connectivity index is 1.24. The number of rotatable bonds is 8. The standard InChI is InChI=1S/C60H44N2/c1-41-23-27-47(28-24-41)59-51-33-31-50(62-57(45-19-11-5-12-20-45)37-38-58(62)46-21-13-6-14-22-46)40-54(51)60(48-29-25-42(2)26-30-48)52-34-32-49(39-53(52)59)61-55(43-15-7-3-8-16-43)35-36-56(61)44-17-9-4-10-18-44/h3-40H,1-2H3. The maximum Gasteiger partial charge on any atom is 0.0535 e. The van der Waals surface area contributed by atoms with Gasteiger partial charge in [0, 0.05) is 11.4 Å². The van der Waals surface area contributed by atoms with Gasteiger partial charge in [0.25, 0.3) is 0 Å². The molecule has 0 atom stereocenters. The lowest BCUT2D eigenvalue weighted by Gasteiger charge is -2.22. The number of hydrogen-bond acceptors (Lipinski definition) is 0. The van der Waals surface area contributed by atoms with Gasteiger partial charge in [0.05, 0.1) is 22.8 Å². The van der Waals surface area contributed by atoms with Crippen molar-refractivity contribution in [2.75, 3.05) is 0 Å². The highest BCUT2D eigenvalue weighted by molar-refractivity contribution is 6.22. The first-order chi connectivity index (χ1) is 30.6. The fourth-order valence-corrected chi connectivity index (χ4v) is 9.31. The van der Waals surface area contributed by atoms with Crippen LogP contribution in [0.1, 0.15) is 11.1 Å². The van der Waals surface area contributed by atoms with Crippen molar-refractivity contribution in [2.45, 2.75) is 13.8 Å². The molecule has 0 spiro atoms. The van der Waals surface area contributed by atoms with Crippen LogP contribution >= 0.6 is 0 Å². The van der Waals surface area contributed by atoms with Crippen LogP contribution < -0.4 is 0 Å². The van der Waals surface area contributed by atoms with Crippen molar-refractivity contribution >= 4 is 21.5 Å². The molecule has 0 saturated heterocycles. The largest absolute Gasteiger partial charge is 0.309 e. The second-order valence-electron chi connectivity index (χ2n) is 16.3. The minimum atomic E-state index is 1.12. The molecule has 11 rings (SSSR count). The Kier molecular flexibility index (Phi) is 9.32. The molecule has 62 heavy (non-hydrogen) atoms. The summed E-state index contributed by atoms with van der Waals surface area (Å²) in [7, 11) is 0. The van der Waals surface area contributed by atoms with Gasteiger partial charge in [-0.2, -0.15) is 0 Å². The summed E-state index contributed by atoms with van der Waals surface area (Å²) in [5.74, 6) is 0. The third-order valence-electron chi connectivity index (χ3n) is 12.3. The number of fused-ring (bicyclic) bond motifs is 2. The van der Waals surface area contributed by atoms with Crippen LogP contribution in [-0.2, 0) is 0 Å². The molecule has 2 heteroatoms. The van der Waals surface area contributed by atoms with E-state index in [1.54, 1.807) is 0 Å². The molecule has 2 nitrogen and oxygen atoms in total. The number of aryl methyl sites for hydroxylation is 2. The molecule has 11 aromatic rings. The van der Waals surface area contributed by atoms with Crippen LogP contribution in [0.3, 0.4) is 0 Å². The van der Waals surface area contributed by atoms with Crippen molar-refractivity contribution in [3.8, 4) is 78.7 Å². The minimum Gasteiger partial charge on any atom is -0.309 e. The van der Waals surface area contributed by atoms with Crippen LogP contribution in [0, 0.1) is 13.8 Å². The molecule has 9 aromatic carbocycles. The smallest absolute Gasteiger partial charge is 0.0535 e. The van der Waals surface area contributed by atoms with Crippen LogP contribution in [0.25, 0.3) is 100 Å². The fourth-order valence-electron chi connectivity index (χ4n) is 9.31. The Bertz CT molecular complexity index is 3010. The molecule has 0 saturated carbocycles. The number of aromatic nitrogens is 2. The monoisotopic (exact) mass is 792 g/mol. The molecule has 0 aliphatic heterocycles. The third kappa shape index (κ3) is 6.54. The van der Waals surface area contributed by atoms with Crippen LogP contribution in [0.2, 0.25) is 0 Å². The van der Waals surface area contributed by atoms with Gasteiger partial charge in [0.2, 0.25) is 0 Å². The second-order valence-corrected chi connectivity index (χ2v) is 16.3. The van der Waals surface area contributed by atoms with Gasteiger partial charge < -0.3 is 9.13 Å². The number of nitrogens with zero attached hydrogens (tertiary/aromatic N) is 2. The van der Waals surface area contributed by atoms with Gasteiger partial charge in [-0.15, -0.1) is 0 Å². The molecule has 0 bridgehead atoms. The average molecular weight is 793 g/mol. The van der Waals surface area contributed by atoms with Gasteiger partial charge in [-0.25, -0.2) is 0 Å². The van der Waals surface area contributed by atoms with Crippen LogP contribution in [0.5, 0.6) is 0 Å². The topological polar surface area (TPSA) is 9.86 Å². The summed E-state index contributed by atoms with van der Waals surface area (Å²) in [4.78, 5) is 0. The first kappa shape index (κ1) is 37.1. The van der Waals surface area contributed by atoms with Gasteiger partial charge in [-0.1, -0.05) is 193 Å². The van der Waals surface area contributed by atoms with Gasteiger partial charge >= 0.3 is 0 Å². The van der Waals surface area contributed by atoms with Gasteiger partial charge in [0.1, 0.15) is 0 Å². The molecule has 0 fully saturated rings. The highest BCUT2D eigenvalue weighted by Crippen LogP contribution is 2.46. The summed E-state index contributed by atoms with van der Waals surface area (Å²) in [6.45, 7) is 4.33.